The molecule has 0 saturated carbocycles. The molecule has 1 aromatic heterocycles. The molecule has 5 nitrogen and oxygen atoms in total. The maximum Gasteiger partial charge on any atom is 0.255 e. The summed E-state index contributed by atoms with van der Waals surface area (Å²) >= 11 is 0. The van der Waals surface area contributed by atoms with E-state index in [1.165, 1.54) is 5.56 Å². The molecule has 2 aromatic carbocycles. The predicted molar refractivity (Wildman–Crippen MR) is 113 cm³/mol. The predicted octanol–water partition coefficient (Wildman–Crippen LogP) is 4.61. The zero-order valence-electron chi connectivity index (χ0n) is 16.5. The number of carbonyl (C=O) groups is 1. The summed E-state index contributed by atoms with van der Waals surface area (Å²) in [5, 5.41) is 6.26. The Morgan fingerprint density at radius 1 is 1.07 bits per heavy atom. The Morgan fingerprint density at radius 2 is 1.93 bits per heavy atom. The zero-order chi connectivity index (χ0) is 19.9. The maximum absolute atomic E-state index is 12.6. The van der Waals surface area contributed by atoms with Crippen LogP contribution in [0.2, 0.25) is 0 Å². The number of nitrogens with one attached hydrogen (secondary N) is 2. The first kappa shape index (κ1) is 19.4. The van der Waals surface area contributed by atoms with E-state index in [0.29, 0.717) is 17.9 Å². The minimum Gasteiger partial charge on any atom is -0.497 e. The van der Waals surface area contributed by atoms with Crippen LogP contribution in [0.4, 0.5) is 11.5 Å². The van der Waals surface area contributed by atoms with Crippen molar-refractivity contribution in [1.82, 2.24) is 4.98 Å². The summed E-state index contributed by atoms with van der Waals surface area (Å²) in [4.78, 5) is 16.9. The third-order valence-corrected chi connectivity index (χ3v) is 4.52. The van der Waals surface area contributed by atoms with Crippen molar-refractivity contribution in [3.8, 4) is 5.75 Å². The lowest BCUT2D eigenvalue weighted by atomic mass is 10.1. The number of hydrogen-bond acceptors (Lipinski definition) is 4. The molecule has 0 aliphatic carbocycles. The number of aromatic nitrogens is 1. The van der Waals surface area contributed by atoms with Gasteiger partial charge in [-0.15, -0.1) is 0 Å². The molecule has 1 amide bonds. The number of ether oxygens (including phenoxy) is 1. The first-order chi connectivity index (χ1) is 13.5. The van der Waals surface area contributed by atoms with E-state index in [1.807, 2.05) is 50.2 Å². The third-order valence-electron chi connectivity index (χ3n) is 4.52. The molecule has 2 N–H and O–H groups in total. The van der Waals surface area contributed by atoms with E-state index < -0.39 is 0 Å². The molecule has 0 spiro atoms. The van der Waals surface area contributed by atoms with Crippen LogP contribution in [0.1, 0.15) is 27.0 Å². The highest BCUT2D eigenvalue weighted by molar-refractivity contribution is 6.05. The molecule has 0 atom stereocenters. The first-order valence-electron chi connectivity index (χ1n) is 9.26. The summed E-state index contributed by atoms with van der Waals surface area (Å²) in [5.74, 6) is 1.38. The van der Waals surface area contributed by atoms with Crippen molar-refractivity contribution in [1.29, 1.82) is 0 Å². The number of carbonyl (C=O) groups excluding carboxylic acids is 1. The van der Waals surface area contributed by atoms with Gasteiger partial charge in [0.25, 0.3) is 5.91 Å². The van der Waals surface area contributed by atoms with E-state index >= 15 is 0 Å². The van der Waals surface area contributed by atoms with Crippen molar-refractivity contribution < 1.29 is 9.53 Å². The van der Waals surface area contributed by atoms with E-state index in [2.05, 4.69) is 21.7 Å². The molecule has 0 radical (unpaired) electrons. The lowest BCUT2D eigenvalue weighted by Gasteiger charge is -2.11. The largest absolute Gasteiger partial charge is 0.497 e. The van der Waals surface area contributed by atoms with Gasteiger partial charge in [-0.05, 0) is 67.3 Å². The fourth-order valence-corrected chi connectivity index (χ4v) is 2.90. The average molecular weight is 375 g/mol. The summed E-state index contributed by atoms with van der Waals surface area (Å²) < 4.78 is 5.25. The van der Waals surface area contributed by atoms with Crippen LogP contribution in [0, 0.1) is 13.8 Å². The van der Waals surface area contributed by atoms with Crippen molar-refractivity contribution in [3.63, 3.8) is 0 Å². The van der Waals surface area contributed by atoms with Gasteiger partial charge in [-0.1, -0.05) is 24.3 Å². The highest BCUT2D eigenvalue weighted by atomic mass is 16.5. The molecule has 0 fully saturated rings. The molecule has 0 aliphatic rings. The van der Waals surface area contributed by atoms with Gasteiger partial charge >= 0.3 is 0 Å². The number of rotatable bonds is 7. The molecule has 0 bridgehead atoms. The van der Waals surface area contributed by atoms with Crippen LogP contribution in [-0.2, 0) is 6.42 Å². The monoisotopic (exact) mass is 375 g/mol. The number of benzene rings is 2. The first-order valence-corrected chi connectivity index (χ1v) is 9.26. The van der Waals surface area contributed by atoms with Crippen molar-refractivity contribution in [2.24, 2.45) is 0 Å². The summed E-state index contributed by atoms with van der Waals surface area (Å²) in [5.41, 5.74) is 4.71. The second-order valence-corrected chi connectivity index (χ2v) is 6.73. The molecule has 144 valence electrons. The van der Waals surface area contributed by atoms with Gasteiger partial charge in [0.05, 0.1) is 7.11 Å². The van der Waals surface area contributed by atoms with Crippen LogP contribution in [0.3, 0.4) is 0 Å². The van der Waals surface area contributed by atoms with Crippen LogP contribution in [0.5, 0.6) is 5.75 Å². The highest BCUT2D eigenvalue weighted by Gasteiger charge is 2.09. The Kier molecular flexibility index (Phi) is 6.27. The van der Waals surface area contributed by atoms with Crippen molar-refractivity contribution >= 4 is 17.4 Å². The number of methoxy groups -OCH3 is 1. The molecular weight excluding hydrogens is 350 g/mol. The van der Waals surface area contributed by atoms with Gasteiger partial charge in [0.15, 0.2) is 0 Å². The van der Waals surface area contributed by atoms with Crippen LogP contribution in [0.15, 0.2) is 60.8 Å². The molecule has 0 saturated heterocycles. The van der Waals surface area contributed by atoms with Crippen molar-refractivity contribution in [2.45, 2.75) is 20.3 Å². The van der Waals surface area contributed by atoms with Gasteiger partial charge in [-0.3, -0.25) is 4.79 Å². The zero-order valence-corrected chi connectivity index (χ0v) is 16.5. The molecule has 5 heteroatoms. The van der Waals surface area contributed by atoms with Gasteiger partial charge < -0.3 is 15.4 Å². The molecule has 28 heavy (non-hydrogen) atoms. The number of amides is 1. The highest BCUT2D eigenvalue weighted by Crippen LogP contribution is 2.18. The van der Waals surface area contributed by atoms with E-state index in [1.54, 1.807) is 25.4 Å². The maximum atomic E-state index is 12.6. The Labute approximate surface area is 165 Å². The fourth-order valence-electron chi connectivity index (χ4n) is 2.90. The Morgan fingerprint density at radius 3 is 2.75 bits per heavy atom. The number of nitrogens with zero attached hydrogens (tertiary/aromatic N) is 1. The van der Waals surface area contributed by atoms with Crippen molar-refractivity contribution in [2.75, 3.05) is 24.3 Å². The second-order valence-electron chi connectivity index (χ2n) is 6.73. The molecule has 1 heterocycles. The van der Waals surface area contributed by atoms with Crippen LogP contribution >= 0.6 is 0 Å². The SMILES string of the molecule is COc1cccc(CCNc2cc(C(=O)Nc3cc(C)ccc3C)ccn2)c1. The van der Waals surface area contributed by atoms with E-state index in [-0.39, 0.29) is 5.91 Å². The molecular formula is C23H25N3O2. The van der Waals surface area contributed by atoms with E-state index in [4.69, 9.17) is 4.74 Å². The molecule has 3 aromatic rings. The standard InChI is InChI=1S/C23H25N3O2/c1-16-7-8-17(2)21(13-16)26-23(27)19-10-12-25-22(15-19)24-11-9-18-5-4-6-20(14-18)28-3/h4-8,10,12-15H,9,11H2,1-3H3,(H,24,25)(H,26,27). The number of aryl methyl sites for hydroxylation is 2. The Bertz CT molecular complexity index is 970. The lowest BCUT2D eigenvalue weighted by molar-refractivity contribution is 0.102. The quantitative estimate of drug-likeness (QED) is 0.633. The van der Waals surface area contributed by atoms with Crippen molar-refractivity contribution in [3.05, 3.63) is 83.0 Å². The van der Waals surface area contributed by atoms with Gasteiger partial charge in [-0.25, -0.2) is 4.98 Å². The van der Waals surface area contributed by atoms with Crippen LogP contribution < -0.4 is 15.4 Å². The van der Waals surface area contributed by atoms with Gasteiger partial charge in [0.2, 0.25) is 0 Å². The van der Waals surface area contributed by atoms with E-state index in [9.17, 15) is 4.79 Å². The summed E-state index contributed by atoms with van der Waals surface area (Å²) in [6.07, 6.45) is 2.48. The summed E-state index contributed by atoms with van der Waals surface area (Å²) in [6.45, 7) is 4.70. The Balaban J connectivity index is 1.61. The molecule has 0 aliphatic heterocycles. The third kappa shape index (κ3) is 5.10. The second kappa shape index (κ2) is 9.04. The molecule has 0 unspecified atom stereocenters. The normalized spacial score (nSPS) is 10.4. The van der Waals surface area contributed by atoms with Crippen LogP contribution in [-0.4, -0.2) is 24.5 Å². The van der Waals surface area contributed by atoms with E-state index in [0.717, 1.165) is 29.0 Å². The summed E-state index contributed by atoms with van der Waals surface area (Å²) in [6, 6.07) is 17.5. The van der Waals surface area contributed by atoms with Crippen LogP contribution in [0.25, 0.3) is 0 Å². The lowest BCUT2D eigenvalue weighted by Crippen LogP contribution is -2.14. The van der Waals surface area contributed by atoms with Gasteiger partial charge in [0, 0.05) is 24.0 Å². The average Bonchev–Trinajstić information content (AvgIpc) is 2.71. The van der Waals surface area contributed by atoms with Gasteiger partial charge in [0.1, 0.15) is 11.6 Å². The van der Waals surface area contributed by atoms with Gasteiger partial charge in [-0.2, -0.15) is 0 Å². The minimum atomic E-state index is -0.146. The number of anilines is 2. The number of hydrogen-bond donors (Lipinski definition) is 2. The minimum absolute atomic E-state index is 0.146. The molecule has 3 rings (SSSR count). The fraction of sp³-hybridized carbons (Fsp3) is 0.217. The smallest absolute Gasteiger partial charge is 0.255 e. The topological polar surface area (TPSA) is 63.2 Å². The summed E-state index contributed by atoms with van der Waals surface area (Å²) in [7, 11) is 1.66. The number of pyridine rings is 1. The Hall–Kier alpha value is -3.34.